The minimum atomic E-state index is -0.388. The summed E-state index contributed by atoms with van der Waals surface area (Å²) >= 11 is 0. The Morgan fingerprint density at radius 2 is 2.05 bits per heavy atom. The molecule has 0 aliphatic heterocycles. The fraction of sp³-hybridized carbons (Fsp3) is 0.286. The van der Waals surface area contributed by atoms with Crippen molar-refractivity contribution in [1.82, 2.24) is 20.3 Å². The first-order valence-corrected chi connectivity index (χ1v) is 6.47. The van der Waals surface area contributed by atoms with Crippen LogP contribution in [0.5, 0.6) is 0 Å². The van der Waals surface area contributed by atoms with Gasteiger partial charge in [-0.1, -0.05) is 5.21 Å². The van der Waals surface area contributed by atoms with E-state index in [9.17, 15) is 14.0 Å². The van der Waals surface area contributed by atoms with Crippen molar-refractivity contribution in [3.05, 3.63) is 48.0 Å². The number of amides is 1. The van der Waals surface area contributed by atoms with E-state index < -0.39 is 0 Å². The van der Waals surface area contributed by atoms with Gasteiger partial charge in [-0.05, 0) is 31.2 Å². The number of benzene rings is 1. The quantitative estimate of drug-likeness (QED) is 0.811. The average Bonchev–Trinajstić information content (AvgIpc) is 2.91. The van der Waals surface area contributed by atoms with Gasteiger partial charge in [-0.3, -0.25) is 9.59 Å². The number of nitrogens with one attached hydrogen (secondary N) is 1. The third-order valence-electron chi connectivity index (χ3n) is 2.84. The van der Waals surface area contributed by atoms with E-state index in [1.165, 1.54) is 35.1 Å². The van der Waals surface area contributed by atoms with Crippen LogP contribution in [0.1, 0.15) is 23.7 Å². The van der Waals surface area contributed by atoms with Crippen molar-refractivity contribution in [2.75, 3.05) is 0 Å². The first kappa shape index (κ1) is 14.8. The Kier molecular flexibility index (Phi) is 4.76. The summed E-state index contributed by atoms with van der Waals surface area (Å²) in [7, 11) is 0. The molecule has 0 aliphatic carbocycles. The number of ketones is 1. The van der Waals surface area contributed by atoms with Gasteiger partial charge in [0.1, 0.15) is 12.4 Å². The van der Waals surface area contributed by atoms with Crippen LogP contribution in [0, 0.1) is 5.82 Å². The highest BCUT2D eigenvalue weighted by molar-refractivity contribution is 5.96. The molecule has 0 fully saturated rings. The van der Waals surface area contributed by atoms with Crippen LogP contribution in [0.15, 0.2) is 36.7 Å². The Bertz CT molecular complexity index is 610. The van der Waals surface area contributed by atoms with E-state index in [4.69, 9.17) is 0 Å². The lowest BCUT2D eigenvalue weighted by Gasteiger charge is -2.13. The Morgan fingerprint density at radius 3 is 2.67 bits per heavy atom. The fourth-order valence-corrected chi connectivity index (χ4v) is 1.87. The van der Waals surface area contributed by atoms with Gasteiger partial charge in [0, 0.05) is 24.2 Å². The summed E-state index contributed by atoms with van der Waals surface area (Å²) in [6.45, 7) is 1.79. The molecule has 2 aromatic rings. The summed E-state index contributed by atoms with van der Waals surface area (Å²) in [4.78, 5) is 23.7. The molecule has 0 spiro atoms. The second-order valence-electron chi connectivity index (χ2n) is 4.70. The van der Waals surface area contributed by atoms with Crippen molar-refractivity contribution < 1.29 is 14.0 Å². The number of hydrogen-bond acceptors (Lipinski definition) is 4. The summed E-state index contributed by atoms with van der Waals surface area (Å²) in [5.74, 6) is -0.788. The van der Waals surface area contributed by atoms with Crippen molar-refractivity contribution in [3.63, 3.8) is 0 Å². The van der Waals surface area contributed by atoms with Crippen molar-refractivity contribution in [1.29, 1.82) is 0 Å². The topological polar surface area (TPSA) is 76.9 Å². The summed E-state index contributed by atoms with van der Waals surface area (Å²) < 4.78 is 14.2. The maximum atomic E-state index is 12.8. The molecule has 0 radical (unpaired) electrons. The molecule has 0 aliphatic rings. The van der Waals surface area contributed by atoms with Gasteiger partial charge in [0.2, 0.25) is 5.91 Å². The zero-order chi connectivity index (χ0) is 15.2. The van der Waals surface area contributed by atoms with Gasteiger partial charge < -0.3 is 5.32 Å². The number of aromatic nitrogens is 3. The number of halogens is 1. The molecule has 6 nitrogen and oxygen atoms in total. The lowest BCUT2D eigenvalue weighted by molar-refractivity contribution is -0.122. The van der Waals surface area contributed by atoms with E-state index in [2.05, 4.69) is 15.6 Å². The zero-order valence-electron chi connectivity index (χ0n) is 11.5. The van der Waals surface area contributed by atoms with Crippen molar-refractivity contribution in [3.8, 4) is 0 Å². The number of rotatable bonds is 6. The largest absolute Gasteiger partial charge is 0.352 e. The number of carbonyl (C=O) groups excluding carboxylic acids is 2. The molecule has 1 amide bonds. The number of Topliss-reactive ketones (excluding diaryl/α,β-unsaturated/α-hetero) is 1. The third-order valence-corrected chi connectivity index (χ3v) is 2.84. The Labute approximate surface area is 121 Å². The summed E-state index contributed by atoms with van der Waals surface area (Å²) in [6.07, 6.45) is 3.21. The van der Waals surface area contributed by atoms with E-state index in [1.807, 2.05) is 0 Å². The van der Waals surface area contributed by atoms with Crippen molar-refractivity contribution in [2.45, 2.75) is 25.9 Å². The van der Waals surface area contributed by atoms with Gasteiger partial charge >= 0.3 is 0 Å². The van der Waals surface area contributed by atoms with Gasteiger partial charge in [0.15, 0.2) is 5.78 Å². The van der Waals surface area contributed by atoms with Gasteiger partial charge in [-0.25, -0.2) is 9.07 Å². The molecule has 110 valence electrons. The summed E-state index contributed by atoms with van der Waals surface area (Å²) in [5.41, 5.74) is 0.425. The second-order valence-corrected chi connectivity index (χ2v) is 4.70. The Morgan fingerprint density at radius 1 is 1.33 bits per heavy atom. The molecular weight excluding hydrogens is 275 g/mol. The molecular formula is C14H15FN4O2. The predicted molar refractivity (Wildman–Crippen MR) is 73.0 cm³/mol. The molecule has 2 rings (SSSR count). The lowest BCUT2D eigenvalue weighted by Crippen LogP contribution is -2.36. The normalized spacial score (nSPS) is 11.9. The van der Waals surface area contributed by atoms with Crippen LogP contribution in [0.25, 0.3) is 0 Å². The molecule has 7 heteroatoms. The standard InChI is InChI=1S/C14H15FN4O2/c1-10(17-14(21)9-19-7-6-16-18-19)8-13(20)11-2-4-12(15)5-3-11/h2-7,10H,8-9H2,1H3,(H,17,21)/t10-/m1/s1. The highest BCUT2D eigenvalue weighted by Crippen LogP contribution is 2.07. The Balaban J connectivity index is 1.83. The second kappa shape index (κ2) is 6.74. The van der Waals surface area contributed by atoms with Crippen LogP contribution >= 0.6 is 0 Å². The summed E-state index contributed by atoms with van der Waals surface area (Å²) in [5, 5.41) is 9.99. The minimum Gasteiger partial charge on any atom is -0.352 e. The van der Waals surface area contributed by atoms with E-state index in [-0.39, 0.29) is 36.5 Å². The SMILES string of the molecule is C[C@H](CC(=O)c1ccc(F)cc1)NC(=O)Cn1ccnn1. The van der Waals surface area contributed by atoms with Gasteiger partial charge in [-0.2, -0.15) is 0 Å². The maximum Gasteiger partial charge on any atom is 0.242 e. The molecule has 1 heterocycles. The molecule has 21 heavy (non-hydrogen) atoms. The van der Waals surface area contributed by atoms with Crippen LogP contribution in [-0.4, -0.2) is 32.7 Å². The number of carbonyl (C=O) groups is 2. The first-order chi connectivity index (χ1) is 10.0. The molecule has 0 bridgehead atoms. The minimum absolute atomic E-state index is 0.0507. The third kappa shape index (κ3) is 4.48. The molecule has 1 N–H and O–H groups in total. The average molecular weight is 290 g/mol. The highest BCUT2D eigenvalue weighted by atomic mass is 19.1. The van der Waals surface area contributed by atoms with E-state index >= 15 is 0 Å². The van der Waals surface area contributed by atoms with Crippen LogP contribution in [0.3, 0.4) is 0 Å². The number of hydrogen-bond donors (Lipinski definition) is 1. The molecule has 1 atom stereocenters. The Hall–Kier alpha value is -2.57. The van der Waals surface area contributed by atoms with Crippen molar-refractivity contribution >= 4 is 11.7 Å². The monoisotopic (exact) mass is 290 g/mol. The first-order valence-electron chi connectivity index (χ1n) is 6.47. The van der Waals surface area contributed by atoms with Crippen LogP contribution < -0.4 is 5.32 Å². The number of nitrogens with zero attached hydrogens (tertiary/aromatic N) is 3. The molecule has 1 aromatic heterocycles. The highest BCUT2D eigenvalue weighted by Gasteiger charge is 2.14. The van der Waals surface area contributed by atoms with Gasteiger partial charge in [0.05, 0.1) is 6.20 Å². The fourth-order valence-electron chi connectivity index (χ4n) is 1.87. The molecule has 0 unspecified atom stereocenters. The molecule has 1 aromatic carbocycles. The zero-order valence-corrected chi connectivity index (χ0v) is 11.5. The smallest absolute Gasteiger partial charge is 0.242 e. The van der Waals surface area contributed by atoms with E-state index in [0.29, 0.717) is 5.56 Å². The summed E-state index contributed by atoms with van der Waals surface area (Å²) in [6, 6.07) is 5.02. The van der Waals surface area contributed by atoms with Crippen LogP contribution in [-0.2, 0) is 11.3 Å². The lowest BCUT2D eigenvalue weighted by atomic mass is 10.0. The van der Waals surface area contributed by atoms with Crippen LogP contribution in [0.2, 0.25) is 0 Å². The van der Waals surface area contributed by atoms with Crippen molar-refractivity contribution in [2.24, 2.45) is 0 Å². The van der Waals surface area contributed by atoms with Gasteiger partial charge in [0.25, 0.3) is 0 Å². The van der Waals surface area contributed by atoms with Crippen LogP contribution in [0.4, 0.5) is 4.39 Å². The van der Waals surface area contributed by atoms with Gasteiger partial charge in [-0.15, -0.1) is 5.10 Å². The predicted octanol–water partition coefficient (Wildman–Crippen LogP) is 1.19. The molecule has 0 saturated heterocycles. The van der Waals surface area contributed by atoms with E-state index in [1.54, 1.807) is 13.1 Å². The van der Waals surface area contributed by atoms with E-state index in [0.717, 1.165) is 0 Å². The maximum absolute atomic E-state index is 12.8. The molecule has 0 saturated carbocycles.